The van der Waals surface area contributed by atoms with Crippen molar-refractivity contribution in [3.8, 4) is 0 Å². The molecule has 2 aromatic carbocycles. The van der Waals surface area contributed by atoms with Gasteiger partial charge in [-0.05, 0) is 67.0 Å². The average Bonchev–Trinajstić information content (AvgIpc) is 2.72. The predicted octanol–water partition coefficient (Wildman–Crippen LogP) is 1.97. The molecular formula is C20H34B4N4P2. The molecule has 0 aromatic heterocycles. The van der Waals surface area contributed by atoms with Crippen LogP contribution in [-0.2, 0) is 0 Å². The molecule has 1 aliphatic heterocycles. The molecule has 10 heteroatoms. The first-order valence-corrected chi connectivity index (χ1v) is 13.5. The Hall–Kier alpha value is -0.600. The van der Waals surface area contributed by atoms with E-state index in [9.17, 15) is 0 Å². The highest BCUT2D eigenvalue weighted by Gasteiger charge is 2.61. The van der Waals surface area contributed by atoms with Crippen LogP contribution in [0, 0.1) is 0 Å². The summed E-state index contributed by atoms with van der Waals surface area (Å²) < 4.78 is 0. The van der Waals surface area contributed by atoms with E-state index in [1.165, 1.54) is 10.6 Å². The van der Waals surface area contributed by atoms with Gasteiger partial charge >= 0.3 is 0 Å². The van der Waals surface area contributed by atoms with Crippen LogP contribution in [0.3, 0.4) is 0 Å². The minimum atomic E-state index is -0.448. The molecule has 0 saturated carbocycles. The van der Waals surface area contributed by atoms with Gasteiger partial charge in [-0.3, -0.25) is 0 Å². The lowest BCUT2D eigenvalue weighted by atomic mass is 9.45. The van der Waals surface area contributed by atoms with E-state index in [-0.39, 0.29) is 0 Å². The van der Waals surface area contributed by atoms with E-state index in [1.807, 2.05) is 0 Å². The minimum absolute atomic E-state index is 0.448. The molecule has 0 spiro atoms. The second kappa shape index (κ2) is 10.3. The third-order valence-electron chi connectivity index (χ3n) is 5.90. The van der Waals surface area contributed by atoms with Crippen molar-refractivity contribution in [2.45, 2.75) is 0 Å². The van der Waals surface area contributed by atoms with Crippen LogP contribution in [0.25, 0.3) is 0 Å². The third-order valence-corrected chi connectivity index (χ3v) is 13.4. The van der Waals surface area contributed by atoms with Crippen molar-refractivity contribution in [3.63, 3.8) is 0 Å². The number of hydrogen-bond acceptors (Lipinski definition) is 4. The molecule has 1 fully saturated rings. The Morgan fingerprint density at radius 3 is 0.867 bits per heavy atom. The molecule has 3 rings (SSSR count). The van der Waals surface area contributed by atoms with Crippen LogP contribution in [0.2, 0.25) is 0 Å². The maximum Gasteiger partial charge on any atom is 0.239 e. The monoisotopic (exact) mass is 436 g/mol. The Bertz CT molecular complexity index is 702. The Balaban J connectivity index is 2.27. The molecular weight excluding hydrogens is 401 g/mol. The minimum Gasteiger partial charge on any atom is -0.348 e. The summed E-state index contributed by atoms with van der Waals surface area (Å²) in [7, 11) is 17.3. The van der Waals surface area contributed by atoms with Gasteiger partial charge in [-0.1, -0.05) is 60.7 Å². The van der Waals surface area contributed by atoms with E-state index in [0.29, 0.717) is 25.8 Å². The van der Waals surface area contributed by atoms with Crippen molar-refractivity contribution < 1.29 is 0 Å². The zero-order valence-corrected chi connectivity index (χ0v) is 21.6. The SMILES string of the molecule is CN(C)B1B(N(C)C)P(c2ccccc2)B(N(C)C)B(N(C)C)P1c1ccccc1. The van der Waals surface area contributed by atoms with Crippen LogP contribution < -0.4 is 10.6 Å². The predicted molar refractivity (Wildman–Crippen MR) is 144 cm³/mol. The number of hydrogen-bond donors (Lipinski definition) is 0. The van der Waals surface area contributed by atoms with Gasteiger partial charge < -0.3 is 19.2 Å². The van der Waals surface area contributed by atoms with Gasteiger partial charge in [0.15, 0.2) is 0 Å². The van der Waals surface area contributed by atoms with E-state index >= 15 is 0 Å². The van der Waals surface area contributed by atoms with Gasteiger partial charge in [0, 0.05) is 0 Å². The number of benzene rings is 2. The van der Waals surface area contributed by atoms with Crippen molar-refractivity contribution in [3.05, 3.63) is 60.7 Å². The first kappa shape index (κ1) is 24.1. The van der Waals surface area contributed by atoms with E-state index < -0.39 is 15.4 Å². The lowest BCUT2D eigenvalue weighted by Gasteiger charge is -2.54. The maximum absolute atomic E-state index is 2.50. The number of rotatable bonds is 6. The van der Waals surface area contributed by atoms with Crippen LogP contribution in [0.5, 0.6) is 0 Å². The Morgan fingerprint density at radius 2 is 0.667 bits per heavy atom. The summed E-state index contributed by atoms with van der Waals surface area (Å²) in [4.78, 5) is 10.0. The van der Waals surface area contributed by atoms with E-state index in [0.717, 1.165) is 0 Å². The second-order valence-corrected chi connectivity index (χ2v) is 13.8. The van der Waals surface area contributed by atoms with E-state index in [4.69, 9.17) is 0 Å². The molecule has 0 unspecified atom stereocenters. The molecule has 0 aliphatic carbocycles. The highest BCUT2D eigenvalue weighted by molar-refractivity contribution is 8.46. The summed E-state index contributed by atoms with van der Waals surface area (Å²) in [6.07, 6.45) is 0. The van der Waals surface area contributed by atoms with Crippen molar-refractivity contribution >= 4 is 51.8 Å². The second-order valence-electron chi connectivity index (χ2n) is 8.99. The zero-order chi connectivity index (χ0) is 22.0. The summed E-state index contributed by atoms with van der Waals surface area (Å²) in [5.74, 6) is 0. The molecule has 0 amide bonds. The van der Waals surface area contributed by atoms with Gasteiger partial charge in [0.2, 0.25) is 25.8 Å². The molecule has 30 heavy (non-hydrogen) atoms. The third kappa shape index (κ3) is 4.75. The molecule has 2 aromatic rings. The van der Waals surface area contributed by atoms with Crippen LogP contribution >= 0.6 is 15.4 Å². The molecule has 0 atom stereocenters. The lowest BCUT2D eigenvalue weighted by Crippen LogP contribution is -2.69. The van der Waals surface area contributed by atoms with E-state index in [2.05, 4.69) is 136 Å². The average molecular weight is 436 g/mol. The molecule has 0 radical (unpaired) electrons. The Morgan fingerprint density at radius 1 is 0.433 bits per heavy atom. The van der Waals surface area contributed by atoms with Gasteiger partial charge in [0.25, 0.3) is 0 Å². The quantitative estimate of drug-likeness (QED) is 0.508. The molecule has 1 aliphatic rings. The van der Waals surface area contributed by atoms with Crippen molar-refractivity contribution in [2.24, 2.45) is 0 Å². The standard InChI is InChI=1S/C20H34B4N4P2/c1-25(2)21-22(26(3)4)30(20-17-13-10-14-18-20)24(28(7)8)23(27(5)6)29(21)19-15-11-9-12-16-19/h9-18H,1-8H3. The van der Waals surface area contributed by atoms with Crippen molar-refractivity contribution in [2.75, 3.05) is 56.4 Å². The molecule has 1 heterocycles. The largest absolute Gasteiger partial charge is 0.348 e. The van der Waals surface area contributed by atoms with Crippen molar-refractivity contribution in [1.82, 2.24) is 19.2 Å². The summed E-state index contributed by atoms with van der Waals surface area (Å²) in [6.45, 7) is 1.92. The highest BCUT2D eigenvalue weighted by atomic mass is 31.1. The Kier molecular flexibility index (Phi) is 8.29. The highest BCUT2D eigenvalue weighted by Crippen LogP contribution is 2.60. The number of nitrogens with zero attached hydrogens (tertiary/aromatic N) is 4. The van der Waals surface area contributed by atoms with E-state index in [1.54, 1.807) is 0 Å². The fourth-order valence-electron chi connectivity index (χ4n) is 4.76. The first-order valence-electron chi connectivity index (χ1n) is 10.6. The molecule has 0 N–H and O–H groups in total. The molecule has 4 nitrogen and oxygen atoms in total. The topological polar surface area (TPSA) is 13.0 Å². The van der Waals surface area contributed by atoms with Crippen molar-refractivity contribution in [1.29, 1.82) is 0 Å². The maximum atomic E-state index is 2.50. The normalized spacial score (nSPS) is 20.3. The lowest BCUT2D eigenvalue weighted by molar-refractivity contribution is 0.633. The molecule has 0 bridgehead atoms. The smallest absolute Gasteiger partial charge is 0.239 e. The van der Waals surface area contributed by atoms with Gasteiger partial charge in [-0.15, -0.1) is 15.4 Å². The molecule has 1 saturated heterocycles. The fraction of sp³-hybridized carbons (Fsp3) is 0.400. The zero-order valence-electron chi connectivity index (χ0n) is 19.8. The Labute approximate surface area is 188 Å². The van der Waals surface area contributed by atoms with Gasteiger partial charge in [0.05, 0.1) is 0 Å². The summed E-state index contributed by atoms with van der Waals surface area (Å²) in [6, 6.07) is 22.5. The van der Waals surface area contributed by atoms with Crippen LogP contribution in [0.15, 0.2) is 60.7 Å². The van der Waals surface area contributed by atoms with Crippen LogP contribution in [-0.4, -0.2) is 101 Å². The first-order chi connectivity index (χ1) is 14.3. The fourth-order valence-corrected chi connectivity index (χ4v) is 13.6. The van der Waals surface area contributed by atoms with Gasteiger partial charge in [-0.25, -0.2) is 0 Å². The van der Waals surface area contributed by atoms with Gasteiger partial charge in [0.1, 0.15) is 0 Å². The van der Waals surface area contributed by atoms with Crippen LogP contribution in [0.1, 0.15) is 0 Å². The van der Waals surface area contributed by atoms with Gasteiger partial charge in [-0.2, -0.15) is 0 Å². The summed E-state index contributed by atoms with van der Waals surface area (Å²) in [5.41, 5.74) is 0. The molecule has 156 valence electrons. The van der Waals surface area contributed by atoms with Crippen LogP contribution in [0.4, 0.5) is 0 Å². The summed E-state index contributed by atoms with van der Waals surface area (Å²) >= 11 is 0. The summed E-state index contributed by atoms with van der Waals surface area (Å²) in [5, 5.41) is 3.01.